The Hall–Kier alpha value is -2.04. The lowest BCUT2D eigenvalue weighted by Gasteiger charge is -2.17. The number of halogens is 1. The van der Waals surface area contributed by atoms with E-state index in [4.69, 9.17) is 11.6 Å². The van der Waals surface area contributed by atoms with Crippen LogP contribution in [0.4, 0.5) is 4.79 Å². The molecule has 0 heterocycles. The van der Waals surface area contributed by atoms with E-state index in [-0.39, 0.29) is 18.6 Å². The topological polar surface area (TPSA) is 61.4 Å². The molecule has 0 aromatic heterocycles. The van der Waals surface area contributed by atoms with Crippen molar-refractivity contribution in [1.82, 2.24) is 10.6 Å². The number of nitrogens with one attached hydrogen (secondary N) is 2. The van der Waals surface area contributed by atoms with Crippen LogP contribution in [0.15, 0.2) is 54.6 Å². The zero-order valence-corrected chi connectivity index (χ0v) is 14.3. The number of amides is 2. The van der Waals surface area contributed by atoms with E-state index in [9.17, 15) is 9.90 Å². The zero-order valence-electron chi connectivity index (χ0n) is 13.5. The highest BCUT2D eigenvalue weighted by Gasteiger charge is 2.11. The third-order valence-electron chi connectivity index (χ3n) is 3.89. The second kappa shape index (κ2) is 9.96. The molecule has 128 valence electrons. The lowest BCUT2D eigenvalue weighted by atomic mass is 9.93. The normalized spacial score (nSPS) is 11.8. The van der Waals surface area contributed by atoms with Crippen molar-refractivity contribution in [3.8, 4) is 0 Å². The molecule has 0 spiro atoms. The van der Waals surface area contributed by atoms with Crippen molar-refractivity contribution in [2.75, 3.05) is 13.2 Å². The number of carbonyl (C=O) groups excluding carboxylic acids is 1. The molecule has 1 unspecified atom stereocenters. The van der Waals surface area contributed by atoms with E-state index < -0.39 is 0 Å². The van der Waals surface area contributed by atoms with Crippen LogP contribution in [0.2, 0.25) is 5.02 Å². The van der Waals surface area contributed by atoms with Crippen molar-refractivity contribution < 1.29 is 9.90 Å². The van der Waals surface area contributed by atoms with Gasteiger partial charge < -0.3 is 15.7 Å². The predicted molar refractivity (Wildman–Crippen MR) is 97.2 cm³/mol. The molecule has 2 aromatic carbocycles. The van der Waals surface area contributed by atoms with E-state index in [1.165, 1.54) is 5.56 Å². The second-order valence-electron chi connectivity index (χ2n) is 5.64. The van der Waals surface area contributed by atoms with Gasteiger partial charge >= 0.3 is 6.03 Å². The third kappa shape index (κ3) is 6.22. The minimum absolute atomic E-state index is 0.141. The minimum atomic E-state index is -0.194. The molecule has 1 atom stereocenters. The number of hydrogen-bond acceptors (Lipinski definition) is 2. The number of carbonyl (C=O) groups is 1. The third-order valence-corrected chi connectivity index (χ3v) is 4.15. The Labute approximate surface area is 147 Å². The van der Waals surface area contributed by atoms with Crippen molar-refractivity contribution in [1.29, 1.82) is 0 Å². The highest BCUT2D eigenvalue weighted by molar-refractivity contribution is 6.30. The molecule has 2 amide bonds. The molecular formula is C19H23ClN2O2. The van der Waals surface area contributed by atoms with E-state index >= 15 is 0 Å². The summed E-state index contributed by atoms with van der Waals surface area (Å²) in [5.41, 5.74) is 2.19. The standard InChI is InChI=1S/C19H23ClN2O2/c20-18-8-6-15(7-9-18)14-22-19(24)21-12-10-17(11-13-23)16-4-2-1-3-5-16/h1-9,17,23H,10-14H2,(H2,21,22,24). The molecule has 0 aliphatic rings. The first kappa shape index (κ1) is 18.3. The summed E-state index contributed by atoms with van der Waals surface area (Å²) in [6.45, 7) is 1.16. The molecule has 0 aliphatic carbocycles. The van der Waals surface area contributed by atoms with E-state index in [1.54, 1.807) is 12.1 Å². The molecule has 0 saturated heterocycles. The van der Waals surface area contributed by atoms with Gasteiger partial charge in [-0.05, 0) is 42.0 Å². The maximum atomic E-state index is 11.9. The second-order valence-corrected chi connectivity index (χ2v) is 6.08. The molecule has 0 aliphatic heterocycles. The van der Waals surface area contributed by atoms with Gasteiger partial charge in [-0.3, -0.25) is 0 Å². The quantitative estimate of drug-likeness (QED) is 0.682. The Morgan fingerprint density at radius 2 is 1.71 bits per heavy atom. The van der Waals surface area contributed by atoms with Gasteiger partial charge in [0.1, 0.15) is 0 Å². The first-order valence-electron chi connectivity index (χ1n) is 8.11. The van der Waals surface area contributed by atoms with Gasteiger partial charge in [0.05, 0.1) is 0 Å². The molecule has 0 bridgehead atoms. The van der Waals surface area contributed by atoms with Crippen LogP contribution < -0.4 is 10.6 Å². The van der Waals surface area contributed by atoms with Gasteiger partial charge in [0.25, 0.3) is 0 Å². The molecule has 5 heteroatoms. The smallest absolute Gasteiger partial charge is 0.315 e. The van der Waals surface area contributed by atoms with Gasteiger partial charge in [0.2, 0.25) is 0 Å². The van der Waals surface area contributed by atoms with Gasteiger partial charge in [-0.1, -0.05) is 54.1 Å². The number of aliphatic hydroxyl groups is 1. The van der Waals surface area contributed by atoms with Gasteiger partial charge in [-0.25, -0.2) is 4.79 Å². The largest absolute Gasteiger partial charge is 0.396 e. The number of urea groups is 1. The van der Waals surface area contributed by atoms with Gasteiger partial charge in [0, 0.05) is 24.7 Å². The van der Waals surface area contributed by atoms with Crippen LogP contribution >= 0.6 is 11.6 Å². The summed E-state index contributed by atoms with van der Waals surface area (Å²) in [5, 5.41) is 15.6. The van der Waals surface area contributed by atoms with Gasteiger partial charge in [-0.2, -0.15) is 0 Å². The summed E-state index contributed by atoms with van der Waals surface area (Å²) in [5.74, 6) is 0.243. The van der Waals surface area contributed by atoms with E-state index in [2.05, 4.69) is 22.8 Å². The Morgan fingerprint density at radius 1 is 1.00 bits per heavy atom. The number of benzene rings is 2. The van der Waals surface area contributed by atoms with Crippen molar-refractivity contribution in [2.45, 2.75) is 25.3 Å². The first-order valence-corrected chi connectivity index (χ1v) is 8.49. The van der Waals surface area contributed by atoms with Crippen molar-refractivity contribution >= 4 is 17.6 Å². The predicted octanol–water partition coefficient (Wildman–Crippen LogP) is 3.70. The fraction of sp³-hybridized carbons (Fsp3) is 0.316. The Balaban J connectivity index is 1.73. The lowest BCUT2D eigenvalue weighted by Crippen LogP contribution is -2.36. The fourth-order valence-electron chi connectivity index (χ4n) is 2.57. The van der Waals surface area contributed by atoms with E-state index in [1.807, 2.05) is 30.3 Å². The number of rotatable bonds is 8. The van der Waals surface area contributed by atoms with Crippen LogP contribution in [-0.2, 0) is 6.54 Å². The summed E-state index contributed by atoms with van der Waals surface area (Å²) in [4.78, 5) is 11.9. The van der Waals surface area contributed by atoms with Crippen molar-refractivity contribution in [2.24, 2.45) is 0 Å². The lowest BCUT2D eigenvalue weighted by molar-refractivity contribution is 0.239. The molecule has 2 aromatic rings. The van der Waals surface area contributed by atoms with E-state index in [0.29, 0.717) is 24.5 Å². The SMILES string of the molecule is O=C(NCCC(CCO)c1ccccc1)NCc1ccc(Cl)cc1. The summed E-state index contributed by atoms with van der Waals surface area (Å²) < 4.78 is 0. The average molecular weight is 347 g/mol. The number of aliphatic hydroxyl groups excluding tert-OH is 1. The van der Waals surface area contributed by atoms with Crippen LogP contribution in [0, 0.1) is 0 Å². The molecule has 0 fully saturated rings. The van der Waals surface area contributed by atoms with Crippen molar-refractivity contribution in [3.63, 3.8) is 0 Å². The van der Waals surface area contributed by atoms with Gasteiger partial charge in [0.15, 0.2) is 0 Å². The maximum Gasteiger partial charge on any atom is 0.315 e. The first-order chi connectivity index (χ1) is 11.7. The zero-order chi connectivity index (χ0) is 17.2. The maximum absolute atomic E-state index is 11.9. The summed E-state index contributed by atoms with van der Waals surface area (Å²) in [6, 6.07) is 17.2. The summed E-state index contributed by atoms with van der Waals surface area (Å²) in [6.07, 6.45) is 1.48. The van der Waals surface area contributed by atoms with Crippen molar-refractivity contribution in [3.05, 3.63) is 70.7 Å². The van der Waals surface area contributed by atoms with Crippen LogP contribution in [0.1, 0.15) is 29.9 Å². The van der Waals surface area contributed by atoms with Gasteiger partial charge in [-0.15, -0.1) is 0 Å². The number of hydrogen-bond donors (Lipinski definition) is 3. The van der Waals surface area contributed by atoms with Crippen LogP contribution in [0.25, 0.3) is 0 Å². The van der Waals surface area contributed by atoms with Crippen LogP contribution in [0.5, 0.6) is 0 Å². The summed E-state index contributed by atoms with van der Waals surface area (Å²) >= 11 is 5.83. The Kier molecular flexibility index (Phi) is 7.59. The molecule has 24 heavy (non-hydrogen) atoms. The fourth-order valence-corrected chi connectivity index (χ4v) is 2.69. The molecule has 3 N–H and O–H groups in total. The molecule has 2 rings (SSSR count). The molecule has 0 radical (unpaired) electrons. The Bertz CT molecular complexity index is 617. The van der Waals surface area contributed by atoms with Crippen LogP contribution in [-0.4, -0.2) is 24.3 Å². The average Bonchev–Trinajstić information content (AvgIpc) is 2.61. The molecule has 4 nitrogen and oxygen atoms in total. The molecular weight excluding hydrogens is 324 g/mol. The van der Waals surface area contributed by atoms with E-state index in [0.717, 1.165) is 12.0 Å². The highest BCUT2D eigenvalue weighted by Crippen LogP contribution is 2.22. The minimum Gasteiger partial charge on any atom is -0.396 e. The molecule has 0 saturated carbocycles. The highest BCUT2D eigenvalue weighted by atomic mass is 35.5. The summed E-state index contributed by atoms with van der Waals surface area (Å²) in [7, 11) is 0. The monoisotopic (exact) mass is 346 g/mol. The Morgan fingerprint density at radius 3 is 2.38 bits per heavy atom. The van der Waals surface area contributed by atoms with Crippen LogP contribution in [0.3, 0.4) is 0 Å².